The number of aliphatic hydroxyl groups excluding tert-OH is 1. The van der Waals surface area contributed by atoms with Gasteiger partial charge in [0, 0.05) is 31.1 Å². The standard InChI is InChI=1S/C24H27NO4/c1-16-8-9-22(21-7-5-4-6-20(16)21)23(26)10-11-25-15-24(27)17-12-18(28-2)14-19(13-17)29-3/h4-9,12-14,24-25,27H,10-11,15H2,1-3H3. The van der Waals surface area contributed by atoms with Crippen LogP contribution >= 0.6 is 0 Å². The first-order valence-corrected chi connectivity index (χ1v) is 9.66. The molecule has 0 amide bonds. The van der Waals surface area contributed by atoms with Crippen molar-refractivity contribution in [2.75, 3.05) is 27.3 Å². The molecule has 1 atom stereocenters. The average Bonchev–Trinajstić information content (AvgIpc) is 2.76. The van der Waals surface area contributed by atoms with Gasteiger partial charge in [0.05, 0.1) is 20.3 Å². The quantitative estimate of drug-likeness (QED) is 0.424. The number of ketones is 1. The minimum atomic E-state index is -0.727. The van der Waals surface area contributed by atoms with Gasteiger partial charge in [0.1, 0.15) is 11.5 Å². The second-order valence-corrected chi connectivity index (χ2v) is 7.01. The second kappa shape index (κ2) is 9.54. The molecule has 3 aromatic carbocycles. The Morgan fingerprint density at radius 3 is 2.31 bits per heavy atom. The molecule has 0 heterocycles. The van der Waals surface area contributed by atoms with E-state index in [4.69, 9.17) is 9.47 Å². The van der Waals surface area contributed by atoms with Crippen molar-refractivity contribution in [1.29, 1.82) is 0 Å². The highest BCUT2D eigenvalue weighted by Crippen LogP contribution is 2.26. The van der Waals surface area contributed by atoms with Crippen molar-refractivity contribution in [2.45, 2.75) is 19.4 Å². The highest BCUT2D eigenvalue weighted by molar-refractivity contribution is 6.08. The van der Waals surface area contributed by atoms with Crippen LogP contribution in [0.2, 0.25) is 0 Å². The summed E-state index contributed by atoms with van der Waals surface area (Å²) in [7, 11) is 3.15. The van der Waals surface area contributed by atoms with Crippen molar-refractivity contribution in [2.24, 2.45) is 0 Å². The number of rotatable bonds is 9. The molecule has 0 fully saturated rings. The third-order valence-electron chi connectivity index (χ3n) is 5.07. The molecular weight excluding hydrogens is 366 g/mol. The predicted octanol–water partition coefficient (Wildman–Crippen LogP) is 4.06. The molecule has 0 aliphatic carbocycles. The summed E-state index contributed by atoms with van der Waals surface area (Å²) in [5, 5.41) is 15.7. The van der Waals surface area contributed by atoms with Crippen LogP contribution in [0.3, 0.4) is 0 Å². The fourth-order valence-electron chi connectivity index (χ4n) is 3.41. The van der Waals surface area contributed by atoms with Gasteiger partial charge >= 0.3 is 0 Å². The first-order chi connectivity index (χ1) is 14.0. The first kappa shape index (κ1) is 20.8. The number of methoxy groups -OCH3 is 2. The minimum absolute atomic E-state index is 0.0891. The summed E-state index contributed by atoms with van der Waals surface area (Å²) in [6, 6.07) is 17.2. The second-order valence-electron chi connectivity index (χ2n) is 7.01. The van der Waals surface area contributed by atoms with E-state index < -0.39 is 6.10 Å². The molecule has 0 radical (unpaired) electrons. The van der Waals surface area contributed by atoms with Gasteiger partial charge in [0.25, 0.3) is 0 Å². The molecule has 2 N–H and O–H groups in total. The lowest BCUT2D eigenvalue weighted by Gasteiger charge is -2.15. The molecule has 5 heteroatoms. The lowest BCUT2D eigenvalue weighted by Crippen LogP contribution is -2.24. The molecule has 3 rings (SSSR count). The normalized spacial score (nSPS) is 12.0. The zero-order valence-corrected chi connectivity index (χ0v) is 17.1. The number of carbonyl (C=O) groups is 1. The van der Waals surface area contributed by atoms with Crippen LogP contribution < -0.4 is 14.8 Å². The number of hydrogen-bond donors (Lipinski definition) is 2. The molecule has 0 aromatic heterocycles. The third kappa shape index (κ3) is 4.94. The predicted molar refractivity (Wildman–Crippen MR) is 115 cm³/mol. The van der Waals surface area contributed by atoms with Crippen LogP contribution in [0.25, 0.3) is 10.8 Å². The number of aliphatic hydroxyl groups is 1. The number of benzene rings is 3. The Labute approximate surface area is 171 Å². The molecule has 29 heavy (non-hydrogen) atoms. The SMILES string of the molecule is COc1cc(OC)cc(C(O)CNCCC(=O)c2ccc(C)c3ccccc23)c1. The molecular formula is C24H27NO4. The molecule has 0 saturated carbocycles. The Morgan fingerprint density at radius 1 is 1.00 bits per heavy atom. The maximum atomic E-state index is 12.7. The molecule has 1 unspecified atom stereocenters. The number of hydrogen-bond acceptors (Lipinski definition) is 5. The van der Waals surface area contributed by atoms with Crippen LogP contribution in [-0.4, -0.2) is 38.2 Å². The number of ether oxygens (including phenoxy) is 2. The summed E-state index contributed by atoms with van der Waals surface area (Å²) in [6.45, 7) is 2.87. The van der Waals surface area contributed by atoms with Crippen LogP contribution in [0.1, 0.15) is 34.0 Å². The van der Waals surface area contributed by atoms with Crippen molar-refractivity contribution in [3.63, 3.8) is 0 Å². The van der Waals surface area contributed by atoms with E-state index in [0.29, 0.717) is 36.6 Å². The van der Waals surface area contributed by atoms with Gasteiger partial charge < -0.3 is 19.9 Å². The Bertz CT molecular complexity index is 977. The van der Waals surface area contributed by atoms with Crippen LogP contribution in [0.5, 0.6) is 11.5 Å². The maximum Gasteiger partial charge on any atom is 0.164 e. The van der Waals surface area contributed by atoms with E-state index in [1.165, 1.54) is 0 Å². The largest absolute Gasteiger partial charge is 0.497 e. The zero-order valence-electron chi connectivity index (χ0n) is 17.1. The van der Waals surface area contributed by atoms with Crippen LogP contribution in [0.4, 0.5) is 0 Å². The van der Waals surface area contributed by atoms with Crippen LogP contribution in [0, 0.1) is 6.92 Å². The number of nitrogens with one attached hydrogen (secondary N) is 1. The Balaban J connectivity index is 1.58. The van der Waals surface area contributed by atoms with Gasteiger partial charge in [-0.1, -0.05) is 36.4 Å². The molecule has 152 valence electrons. The summed E-state index contributed by atoms with van der Waals surface area (Å²) in [6.07, 6.45) is -0.365. The van der Waals surface area contributed by atoms with Crippen molar-refractivity contribution in [3.8, 4) is 11.5 Å². The van der Waals surface area contributed by atoms with E-state index in [1.54, 1.807) is 32.4 Å². The Hall–Kier alpha value is -2.89. The fraction of sp³-hybridized carbons (Fsp3) is 0.292. The van der Waals surface area contributed by atoms with E-state index in [1.807, 2.05) is 43.3 Å². The Kier molecular flexibility index (Phi) is 6.86. The summed E-state index contributed by atoms with van der Waals surface area (Å²) in [5.41, 5.74) is 2.60. The first-order valence-electron chi connectivity index (χ1n) is 9.66. The summed E-state index contributed by atoms with van der Waals surface area (Å²) in [4.78, 5) is 12.7. The van der Waals surface area contributed by atoms with Crippen molar-refractivity contribution >= 4 is 16.6 Å². The smallest absolute Gasteiger partial charge is 0.164 e. The molecule has 0 spiro atoms. The summed E-state index contributed by atoms with van der Waals surface area (Å²) in [5.74, 6) is 1.34. The number of fused-ring (bicyclic) bond motifs is 1. The summed E-state index contributed by atoms with van der Waals surface area (Å²) < 4.78 is 10.5. The molecule has 3 aromatic rings. The lowest BCUT2D eigenvalue weighted by molar-refractivity contribution is 0.0981. The molecule has 0 aliphatic rings. The van der Waals surface area contributed by atoms with Gasteiger partial charge in [-0.05, 0) is 41.0 Å². The highest BCUT2D eigenvalue weighted by Gasteiger charge is 2.13. The fourth-order valence-corrected chi connectivity index (χ4v) is 3.41. The van der Waals surface area contributed by atoms with E-state index >= 15 is 0 Å². The topological polar surface area (TPSA) is 67.8 Å². The highest BCUT2D eigenvalue weighted by atomic mass is 16.5. The molecule has 0 aliphatic heterocycles. The van der Waals surface area contributed by atoms with Crippen molar-refractivity contribution < 1.29 is 19.4 Å². The maximum absolute atomic E-state index is 12.7. The third-order valence-corrected chi connectivity index (χ3v) is 5.07. The van der Waals surface area contributed by atoms with Crippen molar-refractivity contribution in [3.05, 3.63) is 71.3 Å². The van der Waals surface area contributed by atoms with E-state index in [-0.39, 0.29) is 5.78 Å². The molecule has 5 nitrogen and oxygen atoms in total. The van der Waals surface area contributed by atoms with Gasteiger partial charge in [-0.25, -0.2) is 0 Å². The van der Waals surface area contributed by atoms with Gasteiger partial charge in [-0.3, -0.25) is 4.79 Å². The lowest BCUT2D eigenvalue weighted by atomic mass is 9.97. The van der Waals surface area contributed by atoms with Gasteiger partial charge in [-0.15, -0.1) is 0 Å². The van der Waals surface area contributed by atoms with Crippen molar-refractivity contribution in [1.82, 2.24) is 5.32 Å². The van der Waals surface area contributed by atoms with Gasteiger partial charge in [-0.2, -0.15) is 0 Å². The summed E-state index contributed by atoms with van der Waals surface area (Å²) >= 11 is 0. The monoisotopic (exact) mass is 393 g/mol. The minimum Gasteiger partial charge on any atom is -0.497 e. The van der Waals surface area contributed by atoms with Crippen LogP contribution in [0.15, 0.2) is 54.6 Å². The average molecular weight is 393 g/mol. The number of aryl methyl sites for hydroxylation is 1. The molecule has 0 bridgehead atoms. The van der Waals surface area contributed by atoms with E-state index in [9.17, 15) is 9.90 Å². The zero-order chi connectivity index (χ0) is 20.8. The number of Topliss-reactive ketones (excluding diaryl/α,β-unsaturated/α-hetero) is 1. The Morgan fingerprint density at radius 2 is 1.66 bits per heavy atom. The van der Waals surface area contributed by atoms with Gasteiger partial charge in [0.2, 0.25) is 0 Å². The number of carbonyl (C=O) groups excluding carboxylic acids is 1. The van der Waals surface area contributed by atoms with E-state index in [0.717, 1.165) is 21.9 Å². The van der Waals surface area contributed by atoms with Gasteiger partial charge in [0.15, 0.2) is 5.78 Å². The molecule has 0 saturated heterocycles. The van der Waals surface area contributed by atoms with E-state index in [2.05, 4.69) is 5.32 Å². The van der Waals surface area contributed by atoms with Crippen LogP contribution in [-0.2, 0) is 0 Å².